The van der Waals surface area contributed by atoms with E-state index in [-0.39, 0.29) is 17.1 Å². The van der Waals surface area contributed by atoms with Gasteiger partial charge in [0.15, 0.2) is 11.5 Å². The number of hydrogen-bond acceptors (Lipinski definition) is 4. The highest BCUT2D eigenvalue weighted by Gasteiger charge is 2.10. The van der Waals surface area contributed by atoms with Crippen molar-refractivity contribution in [2.24, 2.45) is 0 Å². The lowest BCUT2D eigenvalue weighted by Crippen LogP contribution is -2.13. The van der Waals surface area contributed by atoms with Gasteiger partial charge in [-0.25, -0.2) is 0 Å². The topological polar surface area (TPSA) is 95.6 Å². The molecule has 0 bridgehead atoms. The zero-order chi connectivity index (χ0) is 14.0. The van der Waals surface area contributed by atoms with Gasteiger partial charge in [0.05, 0.1) is 11.4 Å². The van der Waals surface area contributed by atoms with Crippen LogP contribution in [0.4, 0.5) is 11.4 Å². The smallest absolute Gasteiger partial charge is 0.255 e. The van der Waals surface area contributed by atoms with Crippen LogP contribution in [0.5, 0.6) is 11.5 Å². The standard InChI is InChI=1S/C14H14N2O3/c1-8-2-4-10(15)11(6-8)16-14(19)9-3-5-12(17)13(18)7-9/h2-7,17-18H,15H2,1H3,(H,16,19). The number of anilines is 2. The Labute approximate surface area is 110 Å². The van der Waals surface area contributed by atoms with Crippen LogP contribution in [0.1, 0.15) is 15.9 Å². The van der Waals surface area contributed by atoms with Gasteiger partial charge < -0.3 is 21.3 Å². The molecular formula is C14H14N2O3. The third kappa shape index (κ3) is 2.77. The third-order valence-electron chi connectivity index (χ3n) is 2.69. The van der Waals surface area contributed by atoms with Gasteiger partial charge in [0.25, 0.3) is 5.91 Å². The second-order valence-electron chi connectivity index (χ2n) is 4.25. The van der Waals surface area contributed by atoms with Crippen LogP contribution in [-0.2, 0) is 0 Å². The van der Waals surface area contributed by atoms with Crippen molar-refractivity contribution in [1.82, 2.24) is 0 Å². The first-order valence-electron chi connectivity index (χ1n) is 5.67. The number of benzene rings is 2. The lowest BCUT2D eigenvalue weighted by Gasteiger charge is -2.09. The van der Waals surface area contributed by atoms with Gasteiger partial charge in [-0.05, 0) is 42.8 Å². The molecule has 0 heterocycles. The average Bonchev–Trinajstić information content (AvgIpc) is 2.37. The number of nitrogen functional groups attached to an aromatic ring is 1. The molecule has 0 atom stereocenters. The van der Waals surface area contributed by atoms with Gasteiger partial charge in [-0.1, -0.05) is 6.07 Å². The van der Waals surface area contributed by atoms with E-state index in [0.717, 1.165) is 5.56 Å². The van der Waals surface area contributed by atoms with Gasteiger partial charge in [-0.2, -0.15) is 0 Å². The van der Waals surface area contributed by atoms with E-state index >= 15 is 0 Å². The number of phenols is 2. The van der Waals surface area contributed by atoms with Gasteiger partial charge >= 0.3 is 0 Å². The van der Waals surface area contributed by atoms with Crippen molar-refractivity contribution >= 4 is 17.3 Å². The predicted octanol–water partition coefficient (Wildman–Crippen LogP) is 2.24. The van der Waals surface area contributed by atoms with Crippen LogP contribution in [0.3, 0.4) is 0 Å². The van der Waals surface area contributed by atoms with Crippen molar-refractivity contribution in [2.75, 3.05) is 11.1 Å². The largest absolute Gasteiger partial charge is 0.504 e. The summed E-state index contributed by atoms with van der Waals surface area (Å²) in [5.74, 6) is -1.02. The number of carbonyl (C=O) groups is 1. The zero-order valence-electron chi connectivity index (χ0n) is 10.3. The number of nitrogens with one attached hydrogen (secondary N) is 1. The van der Waals surface area contributed by atoms with Crippen molar-refractivity contribution in [3.63, 3.8) is 0 Å². The van der Waals surface area contributed by atoms with Crippen LogP contribution in [-0.4, -0.2) is 16.1 Å². The molecule has 0 fully saturated rings. The summed E-state index contributed by atoms with van der Waals surface area (Å²) in [5, 5.41) is 21.2. The number of amides is 1. The van der Waals surface area contributed by atoms with E-state index in [1.807, 2.05) is 13.0 Å². The SMILES string of the molecule is Cc1ccc(N)c(NC(=O)c2ccc(O)c(O)c2)c1. The number of aryl methyl sites for hydroxylation is 1. The maximum Gasteiger partial charge on any atom is 0.255 e. The predicted molar refractivity (Wildman–Crippen MR) is 73.3 cm³/mol. The maximum atomic E-state index is 12.0. The second-order valence-corrected chi connectivity index (χ2v) is 4.25. The highest BCUT2D eigenvalue weighted by molar-refractivity contribution is 6.06. The van der Waals surface area contributed by atoms with Gasteiger partial charge in [-0.3, -0.25) is 4.79 Å². The Morgan fingerprint density at radius 2 is 1.84 bits per heavy atom. The van der Waals surface area contributed by atoms with Crippen LogP contribution in [0.25, 0.3) is 0 Å². The van der Waals surface area contributed by atoms with E-state index in [2.05, 4.69) is 5.32 Å². The Morgan fingerprint density at radius 3 is 2.53 bits per heavy atom. The van der Waals surface area contributed by atoms with Crippen molar-refractivity contribution in [1.29, 1.82) is 0 Å². The fraction of sp³-hybridized carbons (Fsp3) is 0.0714. The summed E-state index contributed by atoms with van der Waals surface area (Å²) in [6.45, 7) is 1.89. The maximum absolute atomic E-state index is 12.0. The van der Waals surface area contributed by atoms with Crippen molar-refractivity contribution < 1.29 is 15.0 Å². The van der Waals surface area contributed by atoms with Gasteiger partial charge in [0.2, 0.25) is 0 Å². The molecule has 0 saturated carbocycles. The molecule has 5 heteroatoms. The number of phenolic OH excluding ortho intramolecular Hbond substituents is 2. The first-order valence-corrected chi connectivity index (χ1v) is 5.67. The summed E-state index contributed by atoms with van der Waals surface area (Å²) in [5.41, 5.74) is 7.94. The van der Waals surface area contributed by atoms with Gasteiger partial charge in [0.1, 0.15) is 0 Å². The second kappa shape index (κ2) is 4.89. The quantitative estimate of drug-likeness (QED) is 0.490. The summed E-state index contributed by atoms with van der Waals surface area (Å²) < 4.78 is 0. The highest BCUT2D eigenvalue weighted by atomic mass is 16.3. The summed E-state index contributed by atoms with van der Waals surface area (Å²) in [6.07, 6.45) is 0. The normalized spacial score (nSPS) is 10.2. The lowest BCUT2D eigenvalue weighted by molar-refractivity contribution is 0.102. The Hall–Kier alpha value is -2.69. The fourth-order valence-electron chi connectivity index (χ4n) is 1.64. The van der Waals surface area contributed by atoms with Crippen molar-refractivity contribution in [3.05, 3.63) is 47.5 Å². The molecule has 0 unspecified atom stereocenters. The lowest BCUT2D eigenvalue weighted by atomic mass is 10.1. The molecule has 0 aliphatic heterocycles. The fourth-order valence-corrected chi connectivity index (χ4v) is 1.64. The molecule has 98 valence electrons. The van der Waals surface area contributed by atoms with E-state index < -0.39 is 5.91 Å². The van der Waals surface area contributed by atoms with Crippen LogP contribution >= 0.6 is 0 Å². The molecular weight excluding hydrogens is 244 g/mol. The molecule has 0 saturated heterocycles. The monoisotopic (exact) mass is 258 g/mol. The molecule has 5 N–H and O–H groups in total. The Bertz CT molecular complexity index is 639. The van der Waals surface area contributed by atoms with Crippen LogP contribution < -0.4 is 11.1 Å². The molecule has 2 rings (SSSR count). The Kier molecular flexibility index (Phi) is 3.29. The summed E-state index contributed by atoms with van der Waals surface area (Å²) in [4.78, 5) is 12.0. The number of carbonyl (C=O) groups excluding carboxylic acids is 1. The highest BCUT2D eigenvalue weighted by Crippen LogP contribution is 2.26. The van der Waals surface area contributed by atoms with Gasteiger partial charge in [-0.15, -0.1) is 0 Å². The van der Waals surface area contributed by atoms with E-state index in [1.54, 1.807) is 12.1 Å². The van der Waals surface area contributed by atoms with Crippen molar-refractivity contribution in [3.8, 4) is 11.5 Å². The number of nitrogens with two attached hydrogens (primary N) is 1. The summed E-state index contributed by atoms with van der Waals surface area (Å²) >= 11 is 0. The van der Waals surface area contributed by atoms with E-state index in [9.17, 15) is 15.0 Å². The minimum absolute atomic E-state index is 0.233. The van der Waals surface area contributed by atoms with Crippen LogP contribution in [0.15, 0.2) is 36.4 Å². The van der Waals surface area contributed by atoms with Gasteiger partial charge in [0, 0.05) is 5.56 Å². The molecule has 0 aliphatic rings. The molecule has 2 aromatic carbocycles. The molecule has 5 nitrogen and oxygen atoms in total. The zero-order valence-corrected chi connectivity index (χ0v) is 10.3. The van der Waals surface area contributed by atoms with E-state index in [0.29, 0.717) is 11.4 Å². The number of hydrogen-bond donors (Lipinski definition) is 4. The minimum Gasteiger partial charge on any atom is -0.504 e. The number of aromatic hydroxyl groups is 2. The van der Waals surface area contributed by atoms with E-state index in [1.165, 1.54) is 18.2 Å². The molecule has 19 heavy (non-hydrogen) atoms. The summed E-state index contributed by atoms with van der Waals surface area (Å²) in [7, 11) is 0. The molecule has 0 aliphatic carbocycles. The Morgan fingerprint density at radius 1 is 1.11 bits per heavy atom. The molecule has 2 aromatic rings. The first kappa shape index (κ1) is 12.8. The first-order chi connectivity index (χ1) is 8.97. The van der Waals surface area contributed by atoms with Crippen molar-refractivity contribution in [2.45, 2.75) is 6.92 Å². The molecule has 0 radical (unpaired) electrons. The number of rotatable bonds is 2. The minimum atomic E-state index is -0.410. The summed E-state index contributed by atoms with van der Waals surface area (Å²) in [6, 6.07) is 9.17. The molecule has 0 spiro atoms. The molecule has 1 amide bonds. The van der Waals surface area contributed by atoms with E-state index in [4.69, 9.17) is 5.73 Å². The average molecular weight is 258 g/mol. The molecule has 0 aromatic heterocycles. The van der Waals surface area contributed by atoms with Crippen LogP contribution in [0, 0.1) is 6.92 Å². The Balaban J connectivity index is 2.25. The van der Waals surface area contributed by atoms with Crippen LogP contribution in [0.2, 0.25) is 0 Å². The third-order valence-corrected chi connectivity index (χ3v) is 2.69.